The van der Waals surface area contributed by atoms with E-state index in [4.69, 9.17) is 22.1 Å². The molecule has 4 aliphatic rings. The van der Waals surface area contributed by atoms with E-state index in [1.54, 1.807) is 0 Å². The van der Waals surface area contributed by atoms with Crippen molar-refractivity contribution < 1.29 is 4.74 Å². The summed E-state index contributed by atoms with van der Waals surface area (Å²) in [6.07, 6.45) is 4.38. The van der Waals surface area contributed by atoms with E-state index >= 15 is 0 Å². The van der Waals surface area contributed by atoms with Gasteiger partial charge in [-0.25, -0.2) is 14.9 Å². The van der Waals surface area contributed by atoms with Crippen molar-refractivity contribution in [3.8, 4) is 0 Å². The lowest BCUT2D eigenvalue weighted by Crippen LogP contribution is -2.47. The summed E-state index contributed by atoms with van der Waals surface area (Å²) >= 11 is 6.22. The molecule has 3 aliphatic heterocycles. The number of nitrogens with one attached hydrogen (secondary N) is 2. The lowest BCUT2D eigenvalue weighted by Gasteiger charge is -2.27. The van der Waals surface area contributed by atoms with Crippen molar-refractivity contribution in [2.24, 2.45) is 11.7 Å². The summed E-state index contributed by atoms with van der Waals surface area (Å²) in [5, 5.41) is 0.316. The molecule has 1 saturated carbocycles. The van der Waals surface area contributed by atoms with Crippen LogP contribution in [0, 0.1) is 5.92 Å². The highest BCUT2D eigenvalue weighted by molar-refractivity contribution is 6.28. The fourth-order valence-corrected chi connectivity index (χ4v) is 4.13. The van der Waals surface area contributed by atoms with Gasteiger partial charge in [0.2, 0.25) is 11.0 Å². The van der Waals surface area contributed by atoms with Gasteiger partial charge in [0.15, 0.2) is 0 Å². The third kappa shape index (κ3) is 1.57. The number of morpholine rings is 1. The van der Waals surface area contributed by atoms with Gasteiger partial charge in [-0.2, -0.15) is 4.98 Å². The Morgan fingerprint density at radius 1 is 1.32 bits per heavy atom. The predicted octanol–water partition coefficient (Wildman–Crippen LogP) is 0.626. The van der Waals surface area contributed by atoms with E-state index in [2.05, 4.69) is 26.9 Å². The molecule has 1 aromatic heterocycles. The molecule has 1 unspecified atom stereocenters. The molecule has 1 atom stereocenters. The monoisotopic (exact) mass is 321 g/mol. The predicted molar refractivity (Wildman–Crippen MR) is 82.0 cm³/mol. The molecule has 116 valence electrons. The van der Waals surface area contributed by atoms with E-state index in [9.17, 15) is 0 Å². The molecule has 4 N–H and O–H groups in total. The number of quaternary nitrogens is 1. The Morgan fingerprint density at radius 3 is 2.73 bits per heavy atom. The Morgan fingerprint density at radius 2 is 2.09 bits per heavy atom. The minimum atomic E-state index is -0.360. The molecule has 0 aromatic carbocycles. The number of halogens is 1. The topological polar surface area (TPSA) is 85.1 Å². The molecule has 22 heavy (non-hydrogen) atoms. The van der Waals surface area contributed by atoms with Crippen LogP contribution < -0.4 is 21.1 Å². The fourth-order valence-electron chi connectivity index (χ4n) is 3.96. The highest BCUT2D eigenvalue weighted by Crippen LogP contribution is 2.62. The van der Waals surface area contributed by atoms with Crippen LogP contribution in [0.25, 0.3) is 0 Å². The first-order valence-electron chi connectivity index (χ1n) is 7.71. The Bertz CT molecular complexity index is 697. The van der Waals surface area contributed by atoms with Crippen molar-refractivity contribution in [2.45, 2.75) is 18.4 Å². The van der Waals surface area contributed by atoms with E-state index in [0.29, 0.717) is 17.0 Å². The molecular weight excluding hydrogens is 304 g/mol. The first kappa shape index (κ1) is 13.1. The van der Waals surface area contributed by atoms with Crippen LogP contribution in [-0.4, -0.2) is 36.3 Å². The lowest BCUT2D eigenvalue weighted by molar-refractivity contribution is 0.0765. The summed E-state index contributed by atoms with van der Waals surface area (Å²) in [5.74, 6) is 2.20. The Balaban J connectivity index is 1.67. The van der Waals surface area contributed by atoms with Gasteiger partial charge >= 0.3 is 5.82 Å². The number of aromatic nitrogens is 2. The van der Waals surface area contributed by atoms with Crippen LogP contribution in [0.1, 0.15) is 18.5 Å². The van der Waals surface area contributed by atoms with Gasteiger partial charge in [0.25, 0.3) is 0 Å². The van der Waals surface area contributed by atoms with E-state index in [1.807, 2.05) is 0 Å². The molecular formula is C14H18ClN6O+. The first-order valence-corrected chi connectivity index (χ1v) is 8.09. The molecule has 8 heteroatoms. The molecule has 0 bridgehead atoms. The molecule has 4 heterocycles. The molecule has 1 saturated heterocycles. The van der Waals surface area contributed by atoms with E-state index < -0.39 is 0 Å². The van der Waals surface area contributed by atoms with Gasteiger partial charge in [-0.15, -0.1) is 0 Å². The summed E-state index contributed by atoms with van der Waals surface area (Å²) in [6, 6.07) is 0. The largest absolute Gasteiger partial charge is 0.385 e. The third-order valence-corrected chi connectivity index (χ3v) is 5.44. The highest BCUT2D eigenvalue weighted by Gasteiger charge is 2.64. The minimum Gasteiger partial charge on any atom is -0.385 e. The second-order valence-corrected chi connectivity index (χ2v) is 6.87. The number of ether oxygens (including phenoxy) is 1. The molecule has 0 radical (unpaired) electrons. The van der Waals surface area contributed by atoms with E-state index in [-0.39, 0.29) is 5.54 Å². The summed E-state index contributed by atoms with van der Waals surface area (Å²) < 4.78 is 6.29. The summed E-state index contributed by atoms with van der Waals surface area (Å²) in [7, 11) is 0. The minimum absolute atomic E-state index is 0.316. The fraction of sp³-hybridized carbons (Fsp3) is 0.571. The normalized spacial score (nSPS) is 31.6. The molecule has 2 fully saturated rings. The van der Waals surface area contributed by atoms with Crippen molar-refractivity contribution in [3.63, 3.8) is 0 Å². The Kier molecular flexibility index (Phi) is 2.44. The van der Waals surface area contributed by atoms with Crippen LogP contribution in [0.5, 0.6) is 0 Å². The van der Waals surface area contributed by atoms with Crippen molar-refractivity contribution in [1.29, 1.82) is 0 Å². The van der Waals surface area contributed by atoms with Crippen molar-refractivity contribution in [1.82, 2.24) is 25.3 Å². The van der Waals surface area contributed by atoms with Crippen LogP contribution in [0.3, 0.4) is 0 Å². The Labute approximate surface area is 133 Å². The summed E-state index contributed by atoms with van der Waals surface area (Å²) in [6.45, 7) is 3.30. The van der Waals surface area contributed by atoms with Gasteiger partial charge in [-0.1, -0.05) is 0 Å². The van der Waals surface area contributed by atoms with Crippen LogP contribution >= 0.6 is 11.6 Å². The van der Waals surface area contributed by atoms with Gasteiger partial charge in [-0.05, 0) is 36.4 Å². The smallest absolute Gasteiger partial charge is 0.300 e. The number of nitrogens with two attached hydrogens (primary N) is 1. The van der Waals surface area contributed by atoms with Crippen LogP contribution in [0.2, 0.25) is 5.28 Å². The zero-order valence-corrected chi connectivity index (χ0v) is 12.9. The van der Waals surface area contributed by atoms with Crippen molar-refractivity contribution in [2.75, 3.05) is 26.3 Å². The summed E-state index contributed by atoms with van der Waals surface area (Å²) in [4.78, 5) is 9.10. The maximum Gasteiger partial charge on any atom is 0.300 e. The van der Waals surface area contributed by atoms with Crippen LogP contribution in [0.15, 0.2) is 11.9 Å². The van der Waals surface area contributed by atoms with Gasteiger partial charge in [0.05, 0.1) is 13.2 Å². The van der Waals surface area contributed by atoms with Crippen molar-refractivity contribution in [3.05, 3.63) is 22.9 Å². The molecule has 1 aliphatic carbocycles. The van der Waals surface area contributed by atoms with Gasteiger partial charge in [-0.3, -0.25) is 0 Å². The van der Waals surface area contributed by atoms with E-state index in [0.717, 1.165) is 55.1 Å². The van der Waals surface area contributed by atoms with Crippen molar-refractivity contribution >= 4 is 23.1 Å². The molecule has 5 rings (SSSR count). The van der Waals surface area contributed by atoms with Gasteiger partial charge in [0, 0.05) is 0 Å². The number of hydrazine groups is 1. The zero-order chi connectivity index (χ0) is 14.9. The number of hydrogen-bond acceptors (Lipinski definition) is 6. The SMILES string of the molecule is NC1=CC(c2nc(Cl)nc3c2[N+]32CCOCC2)(C2CC2)NN1. The highest BCUT2D eigenvalue weighted by atomic mass is 35.5. The Hall–Kier alpha value is -1.41. The number of fused-ring (bicyclic) bond motifs is 3. The lowest BCUT2D eigenvalue weighted by atomic mass is 9.90. The standard InChI is InChI=1S/C14H18ClN6O/c15-13-17-11(14(8-1-2-8)7-9(16)19-20-14)10-12(18-13)21(10)3-5-22-6-4-21/h7-8,19-20H,1-6,16H2/q+1. The maximum absolute atomic E-state index is 6.22. The average Bonchev–Trinajstić information content (AvgIpc) is 3.42. The van der Waals surface area contributed by atoms with Crippen LogP contribution in [-0.2, 0) is 10.3 Å². The second-order valence-electron chi connectivity index (χ2n) is 6.53. The quantitative estimate of drug-likeness (QED) is 0.421. The summed E-state index contributed by atoms with van der Waals surface area (Å²) in [5.41, 5.74) is 14.2. The van der Waals surface area contributed by atoms with Crippen LogP contribution in [0.4, 0.5) is 11.5 Å². The molecule has 1 aromatic rings. The van der Waals surface area contributed by atoms with E-state index in [1.165, 1.54) is 5.69 Å². The second kappa shape index (κ2) is 4.11. The number of rotatable bonds is 2. The van der Waals surface area contributed by atoms with Gasteiger partial charge < -0.3 is 15.9 Å². The molecule has 7 nitrogen and oxygen atoms in total. The average molecular weight is 322 g/mol. The number of hydrogen-bond donors (Lipinski definition) is 3. The third-order valence-electron chi connectivity index (χ3n) is 5.27. The molecule has 1 spiro atoms. The maximum atomic E-state index is 6.22. The zero-order valence-electron chi connectivity index (χ0n) is 12.1. The first-order chi connectivity index (χ1) is 10.7. The number of nitrogens with zero attached hydrogens (tertiary/aromatic N) is 3. The van der Waals surface area contributed by atoms with Gasteiger partial charge in [0.1, 0.15) is 30.1 Å². The molecule has 0 amide bonds.